The van der Waals surface area contributed by atoms with Gasteiger partial charge in [0.2, 0.25) is 5.91 Å². The third kappa shape index (κ3) is 5.98. The molecule has 2 heterocycles. The molecule has 2 aromatic heterocycles. The molecule has 0 unspecified atom stereocenters. The van der Waals surface area contributed by atoms with Crippen molar-refractivity contribution in [3.05, 3.63) is 77.1 Å². The first-order valence-corrected chi connectivity index (χ1v) is 12.1. The Morgan fingerprint density at radius 3 is 2.47 bits per heavy atom. The van der Waals surface area contributed by atoms with Crippen LogP contribution in [0.25, 0.3) is 22.0 Å². The van der Waals surface area contributed by atoms with Gasteiger partial charge in [-0.15, -0.1) is 0 Å². The zero-order valence-electron chi connectivity index (χ0n) is 21.9. The fraction of sp³-hybridized carbons (Fsp3) is 0.276. The first kappa shape index (κ1) is 26.8. The zero-order chi connectivity index (χ0) is 27.6. The van der Waals surface area contributed by atoms with Gasteiger partial charge in [-0.05, 0) is 62.1 Å². The van der Waals surface area contributed by atoms with Crippen LogP contribution in [0.5, 0.6) is 0 Å². The van der Waals surface area contributed by atoms with Crippen molar-refractivity contribution < 1.29 is 18.7 Å². The van der Waals surface area contributed by atoms with Crippen molar-refractivity contribution in [1.82, 2.24) is 20.1 Å². The van der Waals surface area contributed by atoms with Crippen LogP contribution < -0.4 is 10.6 Å². The highest BCUT2D eigenvalue weighted by Gasteiger charge is 2.23. The molecule has 196 valence electrons. The van der Waals surface area contributed by atoms with Gasteiger partial charge in [0.15, 0.2) is 5.82 Å². The summed E-state index contributed by atoms with van der Waals surface area (Å²) in [5.74, 6) is 4.60. The lowest BCUT2D eigenvalue weighted by Crippen LogP contribution is -2.29. The third-order valence-electron chi connectivity index (χ3n) is 5.88. The third-order valence-corrected chi connectivity index (χ3v) is 5.88. The number of nitrogens with one attached hydrogen (secondary N) is 2. The van der Waals surface area contributed by atoms with E-state index in [0.29, 0.717) is 28.3 Å². The summed E-state index contributed by atoms with van der Waals surface area (Å²) in [6, 6.07) is 11.9. The maximum atomic E-state index is 14.0. The lowest BCUT2D eigenvalue weighted by atomic mass is 9.93. The van der Waals surface area contributed by atoms with Crippen molar-refractivity contribution >= 4 is 22.6 Å². The van der Waals surface area contributed by atoms with E-state index in [1.807, 2.05) is 31.3 Å². The molecule has 4 aromatic rings. The molecule has 0 aliphatic carbocycles. The van der Waals surface area contributed by atoms with Crippen LogP contribution in [-0.4, -0.2) is 38.4 Å². The standard InChI is InChI=1S/C29H29F2N5O2/c1-17(37)33-25(15-18-13-19(30)16-20(31)14-18)26-22(10-9-21(34-26)11-12-29(2,3)38)23-7-6-8-24-27(23)36(5)35-28(24)32-4/h6-10,13-14,16,25,38H,15H2,1-5H3,(H,32,35)(H,33,37)/t25-/m0/s1. The number of amides is 1. The number of carbonyl (C=O) groups excluding carboxylic acids is 1. The summed E-state index contributed by atoms with van der Waals surface area (Å²) < 4.78 is 29.8. The predicted octanol–water partition coefficient (Wildman–Crippen LogP) is 4.50. The van der Waals surface area contributed by atoms with E-state index in [4.69, 9.17) is 4.98 Å². The van der Waals surface area contributed by atoms with Crippen molar-refractivity contribution in [2.75, 3.05) is 12.4 Å². The van der Waals surface area contributed by atoms with Crippen LogP contribution in [0.15, 0.2) is 48.5 Å². The van der Waals surface area contributed by atoms with E-state index in [2.05, 4.69) is 27.6 Å². The highest BCUT2D eigenvalue weighted by Crippen LogP contribution is 2.36. The summed E-state index contributed by atoms with van der Waals surface area (Å²) in [6.07, 6.45) is 0.0831. The van der Waals surface area contributed by atoms with Crippen LogP contribution in [0.2, 0.25) is 0 Å². The summed E-state index contributed by atoms with van der Waals surface area (Å²) in [7, 11) is 3.63. The summed E-state index contributed by atoms with van der Waals surface area (Å²) in [6.45, 7) is 4.50. The normalized spacial score (nSPS) is 12.1. The highest BCUT2D eigenvalue weighted by atomic mass is 19.1. The van der Waals surface area contributed by atoms with E-state index in [-0.39, 0.29) is 12.3 Å². The number of halogens is 2. The molecule has 0 fully saturated rings. The Kier molecular flexibility index (Phi) is 7.46. The highest BCUT2D eigenvalue weighted by molar-refractivity contribution is 6.00. The number of aliphatic hydroxyl groups is 1. The Balaban J connectivity index is 1.96. The molecule has 38 heavy (non-hydrogen) atoms. The van der Waals surface area contributed by atoms with Gasteiger partial charge < -0.3 is 15.7 Å². The van der Waals surface area contributed by atoms with E-state index in [0.717, 1.165) is 22.5 Å². The average molecular weight is 518 g/mol. The lowest BCUT2D eigenvalue weighted by molar-refractivity contribution is -0.119. The van der Waals surface area contributed by atoms with Gasteiger partial charge in [-0.3, -0.25) is 9.48 Å². The fourth-order valence-electron chi connectivity index (χ4n) is 4.42. The van der Waals surface area contributed by atoms with Crippen LogP contribution in [0.3, 0.4) is 0 Å². The minimum atomic E-state index is -1.24. The maximum Gasteiger partial charge on any atom is 0.217 e. The number of anilines is 1. The molecule has 4 rings (SSSR count). The number of hydrogen-bond donors (Lipinski definition) is 3. The quantitative estimate of drug-likeness (QED) is 0.328. The summed E-state index contributed by atoms with van der Waals surface area (Å²) >= 11 is 0. The zero-order valence-corrected chi connectivity index (χ0v) is 21.9. The first-order valence-electron chi connectivity index (χ1n) is 12.1. The molecule has 0 saturated heterocycles. The molecule has 0 aliphatic heterocycles. The van der Waals surface area contributed by atoms with E-state index < -0.39 is 23.3 Å². The van der Waals surface area contributed by atoms with Crippen molar-refractivity contribution in [2.24, 2.45) is 7.05 Å². The molecular formula is C29H29F2N5O2. The number of hydrogen-bond acceptors (Lipinski definition) is 5. The summed E-state index contributed by atoms with van der Waals surface area (Å²) in [4.78, 5) is 17.1. The molecule has 9 heteroatoms. The van der Waals surface area contributed by atoms with Gasteiger partial charge in [-0.25, -0.2) is 13.8 Å². The average Bonchev–Trinajstić information content (AvgIpc) is 3.17. The van der Waals surface area contributed by atoms with E-state index >= 15 is 0 Å². The molecule has 0 spiro atoms. The Bertz CT molecular complexity index is 1560. The Morgan fingerprint density at radius 1 is 1.13 bits per heavy atom. The molecule has 2 aromatic carbocycles. The second-order valence-corrected chi connectivity index (χ2v) is 9.60. The SMILES string of the molecule is CNc1nn(C)c2c(-c3ccc(C#CC(C)(C)O)nc3[C@H](Cc3cc(F)cc(F)c3)NC(C)=O)cccc12. The van der Waals surface area contributed by atoms with Crippen molar-refractivity contribution in [1.29, 1.82) is 0 Å². The van der Waals surface area contributed by atoms with Crippen LogP contribution in [0.4, 0.5) is 14.6 Å². The van der Waals surface area contributed by atoms with Gasteiger partial charge in [0.05, 0.1) is 17.3 Å². The number of benzene rings is 2. The van der Waals surface area contributed by atoms with Crippen LogP contribution in [-0.2, 0) is 18.3 Å². The predicted molar refractivity (Wildman–Crippen MR) is 143 cm³/mol. The van der Waals surface area contributed by atoms with Gasteiger partial charge in [-0.1, -0.05) is 18.1 Å². The summed E-state index contributed by atoms with van der Waals surface area (Å²) in [5, 5.41) is 21.5. The van der Waals surface area contributed by atoms with Crippen LogP contribution in [0.1, 0.15) is 43.8 Å². The van der Waals surface area contributed by atoms with Gasteiger partial charge in [0.25, 0.3) is 0 Å². The molecular weight excluding hydrogens is 488 g/mol. The van der Waals surface area contributed by atoms with Crippen LogP contribution >= 0.6 is 0 Å². The molecule has 0 saturated carbocycles. The molecule has 0 aliphatic rings. The van der Waals surface area contributed by atoms with Crippen molar-refractivity contribution in [3.8, 4) is 23.0 Å². The lowest BCUT2D eigenvalue weighted by Gasteiger charge is -2.22. The topological polar surface area (TPSA) is 92.1 Å². The van der Waals surface area contributed by atoms with E-state index in [9.17, 15) is 18.7 Å². The number of para-hydroxylation sites is 1. The first-order chi connectivity index (χ1) is 17.9. The Hall–Kier alpha value is -4.29. The van der Waals surface area contributed by atoms with Crippen molar-refractivity contribution in [2.45, 2.75) is 38.8 Å². The number of rotatable bonds is 6. The number of aromatic nitrogens is 3. The summed E-state index contributed by atoms with van der Waals surface area (Å²) in [5.41, 5.74) is 2.31. The Labute approximate surface area is 219 Å². The molecule has 0 bridgehead atoms. The second kappa shape index (κ2) is 10.6. The smallest absolute Gasteiger partial charge is 0.217 e. The van der Waals surface area contributed by atoms with Crippen molar-refractivity contribution in [3.63, 3.8) is 0 Å². The molecule has 1 atom stereocenters. The Morgan fingerprint density at radius 2 is 1.84 bits per heavy atom. The van der Waals surface area contributed by atoms with Gasteiger partial charge >= 0.3 is 0 Å². The number of carbonyl (C=O) groups is 1. The monoisotopic (exact) mass is 517 g/mol. The number of nitrogens with zero attached hydrogens (tertiary/aromatic N) is 3. The largest absolute Gasteiger partial charge is 0.378 e. The minimum Gasteiger partial charge on any atom is -0.378 e. The maximum absolute atomic E-state index is 14.0. The molecule has 3 N–H and O–H groups in total. The molecule has 7 nitrogen and oxygen atoms in total. The van der Waals surface area contributed by atoms with Gasteiger partial charge in [0, 0.05) is 43.6 Å². The molecule has 1 amide bonds. The van der Waals surface area contributed by atoms with E-state index in [1.165, 1.54) is 19.1 Å². The van der Waals surface area contributed by atoms with Crippen LogP contribution in [0, 0.1) is 23.5 Å². The van der Waals surface area contributed by atoms with Gasteiger partial charge in [-0.2, -0.15) is 5.10 Å². The number of fused-ring (bicyclic) bond motifs is 1. The molecule has 0 radical (unpaired) electrons. The van der Waals surface area contributed by atoms with Gasteiger partial charge in [0.1, 0.15) is 22.9 Å². The minimum absolute atomic E-state index is 0.0831. The number of aryl methyl sites for hydroxylation is 1. The number of pyridine rings is 1. The fourth-order valence-corrected chi connectivity index (χ4v) is 4.42. The van der Waals surface area contributed by atoms with E-state index in [1.54, 1.807) is 31.6 Å². The second-order valence-electron chi connectivity index (χ2n) is 9.60.